The van der Waals surface area contributed by atoms with Gasteiger partial charge in [0.2, 0.25) is 0 Å². The van der Waals surface area contributed by atoms with E-state index in [4.69, 9.17) is 0 Å². The molecule has 1 aromatic carbocycles. The molecule has 2 aromatic rings. The van der Waals surface area contributed by atoms with Crippen molar-refractivity contribution in [3.63, 3.8) is 0 Å². The highest BCUT2D eigenvalue weighted by Gasteiger charge is 2.26. The standard InChI is InChI=1S/C13H12BrN3O/c1-9-8-10(14)2-3-11(9)16-6-7-17-12(13(16)18)4-5-15-17/h2-5,8H,6-7H2,1H3. The van der Waals surface area contributed by atoms with Crippen LogP contribution in [0.5, 0.6) is 0 Å². The molecule has 0 N–H and O–H groups in total. The Hall–Kier alpha value is -1.62. The average Bonchev–Trinajstić information content (AvgIpc) is 2.80. The Morgan fingerprint density at radius 2 is 2.11 bits per heavy atom. The van der Waals surface area contributed by atoms with Gasteiger partial charge in [0, 0.05) is 22.9 Å². The van der Waals surface area contributed by atoms with Crippen LogP contribution in [-0.4, -0.2) is 22.2 Å². The molecule has 0 saturated carbocycles. The molecule has 92 valence electrons. The molecule has 4 nitrogen and oxygen atoms in total. The Labute approximate surface area is 113 Å². The number of carbonyl (C=O) groups is 1. The minimum Gasteiger partial charge on any atom is -0.305 e. The van der Waals surface area contributed by atoms with Crippen molar-refractivity contribution < 1.29 is 4.79 Å². The molecular weight excluding hydrogens is 294 g/mol. The Bertz CT molecular complexity index is 620. The van der Waals surface area contributed by atoms with Crippen molar-refractivity contribution in [3.05, 3.63) is 46.2 Å². The lowest BCUT2D eigenvalue weighted by atomic mass is 10.1. The van der Waals surface area contributed by atoms with Gasteiger partial charge in [-0.1, -0.05) is 15.9 Å². The van der Waals surface area contributed by atoms with Crippen molar-refractivity contribution in [2.75, 3.05) is 11.4 Å². The first-order valence-electron chi connectivity index (χ1n) is 5.76. The van der Waals surface area contributed by atoms with Crippen LogP contribution in [0.1, 0.15) is 16.1 Å². The van der Waals surface area contributed by atoms with Crippen LogP contribution >= 0.6 is 15.9 Å². The summed E-state index contributed by atoms with van der Waals surface area (Å²) in [4.78, 5) is 14.2. The number of rotatable bonds is 1. The Balaban J connectivity index is 2.02. The van der Waals surface area contributed by atoms with Gasteiger partial charge in [-0.2, -0.15) is 5.10 Å². The molecule has 0 atom stereocenters. The maximum atomic E-state index is 12.4. The van der Waals surface area contributed by atoms with Crippen LogP contribution in [0, 0.1) is 6.92 Å². The molecule has 2 heterocycles. The molecular formula is C13H12BrN3O. The smallest absolute Gasteiger partial charge is 0.276 e. The number of halogens is 1. The lowest BCUT2D eigenvalue weighted by Crippen LogP contribution is -2.40. The molecule has 3 rings (SSSR count). The zero-order valence-electron chi connectivity index (χ0n) is 9.93. The number of carbonyl (C=O) groups excluding carboxylic acids is 1. The van der Waals surface area contributed by atoms with E-state index in [-0.39, 0.29) is 5.91 Å². The fourth-order valence-corrected chi connectivity index (χ4v) is 2.75. The molecule has 18 heavy (non-hydrogen) atoms. The van der Waals surface area contributed by atoms with Gasteiger partial charge in [0.15, 0.2) is 0 Å². The van der Waals surface area contributed by atoms with Crippen molar-refractivity contribution in [3.8, 4) is 0 Å². The molecule has 5 heteroatoms. The second-order valence-corrected chi connectivity index (χ2v) is 5.24. The second-order valence-electron chi connectivity index (χ2n) is 4.33. The first-order valence-corrected chi connectivity index (χ1v) is 6.56. The van der Waals surface area contributed by atoms with Gasteiger partial charge in [0.1, 0.15) is 5.69 Å². The third kappa shape index (κ3) is 1.75. The molecule has 0 radical (unpaired) electrons. The Morgan fingerprint density at radius 3 is 2.89 bits per heavy atom. The molecule has 1 aromatic heterocycles. The fourth-order valence-electron chi connectivity index (χ4n) is 2.28. The third-order valence-corrected chi connectivity index (χ3v) is 3.66. The zero-order valence-corrected chi connectivity index (χ0v) is 11.5. The minimum absolute atomic E-state index is 0.0178. The number of aryl methyl sites for hydroxylation is 1. The number of aromatic nitrogens is 2. The van der Waals surface area contributed by atoms with E-state index in [2.05, 4.69) is 21.0 Å². The number of benzene rings is 1. The van der Waals surface area contributed by atoms with Gasteiger partial charge in [0.05, 0.1) is 6.54 Å². The van der Waals surface area contributed by atoms with Crippen LogP contribution < -0.4 is 4.90 Å². The summed E-state index contributed by atoms with van der Waals surface area (Å²) in [5.41, 5.74) is 2.71. The van der Waals surface area contributed by atoms with Crippen LogP contribution in [0.4, 0.5) is 5.69 Å². The maximum Gasteiger partial charge on any atom is 0.276 e. The highest BCUT2D eigenvalue weighted by atomic mass is 79.9. The Morgan fingerprint density at radius 1 is 1.28 bits per heavy atom. The van der Waals surface area contributed by atoms with Crippen molar-refractivity contribution in [2.45, 2.75) is 13.5 Å². The van der Waals surface area contributed by atoms with Crippen LogP contribution in [0.25, 0.3) is 0 Å². The van der Waals surface area contributed by atoms with Crippen LogP contribution in [-0.2, 0) is 6.54 Å². The van der Waals surface area contributed by atoms with Crippen LogP contribution in [0.3, 0.4) is 0 Å². The SMILES string of the molecule is Cc1cc(Br)ccc1N1CCn2nccc2C1=O. The third-order valence-electron chi connectivity index (χ3n) is 3.17. The minimum atomic E-state index is 0.0178. The van der Waals surface area contributed by atoms with E-state index in [0.29, 0.717) is 12.2 Å². The van der Waals surface area contributed by atoms with E-state index >= 15 is 0 Å². The topological polar surface area (TPSA) is 38.1 Å². The summed E-state index contributed by atoms with van der Waals surface area (Å²) in [6.07, 6.45) is 1.67. The lowest BCUT2D eigenvalue weighted by molar-refractivity contribution is 0.0962. The van der Waals surface area contributed by atoms with E-state index in [1.54, 1.807) is 16.9 Å². The predicted octanol–water partition coefficient (Wildman–Crippen LogP) is 2.61. The molecule has 0 saturated heterocycles. The van der Waals surface area contributed by atoms with Gasteiger partial charge in [-0.15, -0.1) is 0 Å². The molecule has 0 unspecified atom stereocenters. The van der Waals surface area contributed by atoms with Gasteiger partial charge < -0.3 is 4.90 Å². The number of fused-ring (bicyclic) bond motifs is 1. The number of nitrogens with zero attached hydrogens (tertiary/aromatic N) is 3. The summed E-state index contributed by atoms with van der Waals surface area (Å²) < 4.78 is 2.78. The second kappa shape index (κ2) is 4.24. The van der Waals surface area contributed by atoms with Gasteiger partial charge in [-0.25, -0.2) is 0 Å². The molecule has 0 fully saturated rings. The van der Waals surface area contributed by atoms with Crippen molar-refractivity contribution in [1.82, 2.24) is 9.78 Å². The van der Waals surface area contributed by atoms with Gasteiger partial charge in [-0.05, 0) is 36.8 Å². The number of anilines is 1. The molecule has 1 aliphatic heterocycles. The fraction of sp³-hybridized carbons (Fsp3) is 0.231. The van der Waals surface area contributed by atoms with E-state index in [0.717, 1.165) is 22.3 Å². The number of hydrogen-bond acceptors (Lipinski definition) is 2. The summed E-state index contributed by atoms with van der Waals surface area (Å²) >= 11 is 3.44. The average molecular weight is 306 g/mol. The maximum absolute atomic E-state index is 12.4. The van der Waals surface area contributed by atoms with Gasteiger partial charge in [0.25, 0.3) is 5.91 Å². The lowest BCUT2D eigenvalue weighted by Gasteiger charge is -2.28. The van der Waals surface area contributed by atoms with Gasteiger partial charge >= 0.3 is 0 Å². The largest absolute Gasteiger partial charge is 0.305 e. The van der Waals surface area contributed by atoms with Crippen molar-refractivity contribution >= 4 is 27.5 Å². The molecule has 0 aliphatic carbocycles. The predicted molar refractivity (Wildman–Crippen MR) is 72.8 cm³/mol. The number of hydrogen-bond donors (Lipinski definition) is 0. The molecule has 1 amide bonds. The van der Waals surface area contributed by atoms with E-state index in [1.165, 1.54) is 0 Å². The highest BCUT2D eigenvalue weighted by molar-refractivity contribution is 9.10. The van der Waals surface area contributed by atoms with Crippen molar-refractivity contribution in [2.24, 2.45) is 0 Å². The normalized spacial score (nSPS) is 14.8. The highest BCUT2D eigenvalue weighted by Crippen LogP contribution is 2.26. The molecule has 1 aliphatic rings. The summed E-state index contributed by atoms with van der Waals surface area (Å²) in [7, 11) is 0. The summed E-state index contributed by atoms with van der Waals surface area (Å²) in [5, 5.41) is 4.13. The van der Waals surface area contributed by atoms with Gasteiger partial charge in [-0.3, -0.25) is 9.48 Å². The first kappa shape index (κ1) is 11.5. The summed E-state index contributed by atoms with van der Waals surface area (Å²) in [5.74, 6) is 0.0178. The zero-order chi connectivity index (χ0) is 12.7. The summed E-state index contributed by atoms with van der Waals surface area (Å²) in [6, 6.07) is 7.72. The van der Waals surface area contributed by atoms with E-state index < -0.39 is 0 Å². The molecule has 0 bridgehead atoms. The monoisotopic (exact) mass is 305 g/mol. The summed E-state index contributed by atoms with van der Waals surface area (Å²) in [6.45, 7) is 3.42. The van der Waals surface area contributed by atoms with E-state index in [9.17, 15) is 4.79 Å². The Kier molecular flexibility index (Phi) is 2.70. The number of amides is 1. The van der Waals surface area contributed by atoms with Crippen molar-refractivity contribution in [1.29, 1.82) is 0 Å². The van der Waals surface area contributed by atoms with Crippen LogP contribution in [0.15, 0.2) is 34.9 Å². The first-order chi connectivity index (χ1) is 8.66. The molecule has 0 spiro atoms. The van der Waals surface area contributed by atoms with Crippen LogP contribution in [0.2, 0.25) is 0 Å². The quantitative estimate of drug-likeness (QED) is 0.812. The van der Waals surface area contributed by atoms with E-state index in [1.807, 2.05) is 30.0 Å².